The lowest BCUT2D eigenvalue weighted by Gasteiger charge is -2.28. The van der Waals surface area contributed by atoms with Crippen LogP contribution >= 0.6 is 0 Å². The first-order chi connectivity index (χ1) is 16.6. The third kappa shape index (κ3) is 4.89. The highest BCUT2D eigenvalue weighted by Gasteiger charge is 2.33. The summed E-state index contributed by atoms with van der Waals surface area (Å²) in [4.78, 5) is 26.0. The van der Waals surface area contributed by atoms with E-state index < -0.39 is 0 Å². The molecule has 7 nitrogen and oxygen atoms in total. The Bertz CT molecular complexity index is 1140. The number of carbonyl (C=O) groups excluding carboxylic acids is 1. The lowest BCUT2D eigenvalue weighted by Crippen LogP contribution is -2.39. The van der Waals surface area contributed by atoms with Crippen molar-refractivity contribution >= 4 is 17.3 Å². The Kier molecular flexibility index (Phi) is 6.45. The fourth-order valence-electron chi connectivity index (χ4n) is 5.04. The number of ether oxygens (including phenoxy) is 1. The summed E-state index contributed by atoms with van der Waals surface area (Å²) in [6.07, 6.45) is 7.10. The van der Waals surface area contributed by atoms with Crippen molar-refractivity contribution in [3.05, 3.63) is 72.1 Å². The van der Waals surface area contributed by atoms with Crippen molar-refractivity contribution in [2.45, 2.75) is 45.2 Å². The molecule has 2 atom stereocenters. The monoisotopic (exact) mass is 457 g/mol. The number of likely N-dealkylation sites (tertiary alicyclic amines) is 1. The Morgan fingerprint density at radius 2 is 1.85 bits per heavy atom. The van der Waals surface area contributed by atoms with Gasteiger partial charge in [0.25, 0.3) is 5.91 Å². The molecule has 2 aliphatic heterocycles. The summed E-state index contributed by atoms with van der Waals surface area (Å²) in [5.74, 6) is 0.429. The van der Waals surface area contributed by atoms with E-state index in [0.717, 1.165) is 24.3 Å². The Balaban J connectivity index is 1.20. The predicted octanol–water partition coefficient (Wildman–Crippen LogP) is 4.89. The molecule has 1 N–H and O–H groups in total. The first kappa shape index (κ1) is 22.3. The van der Waals surface area contributed by atoms with Crippen molar-refractivity contribution < 1.29 is 9.53 Å². The fourth-order valence-corrected chi connectivity index (χ4v) is 5.04. The fraction of sp³-hybridized carbons (Fsp3) is 0.370. The standard InChI is InChI=1S/C27H31N5O2/c1-19-17-22(31-16-12-23(18-31)32-15-3-5-20(32)2)8-11-25(19)30-26(33)21-6-9-24(10-7-21)34-27-28-13-4-14-29-27/h4,6-11,13-14,17,20,23H,3,5,12,15-16,18H2,1-2H3,(H,30,33). The number of aromatic nitrogens is 2. The number of hydrogen-bond acceptors (Lipinski definition) is 6. The quantitative estimate of drug-likeness (QED) is 0.568. The normalized spacial score (nSPS) is 20.5. The molecule has 2 aliphatic rings. The first-order valence-electron chi connectivity index (χ1n) is 12.0. The van der Waals surface area contributed by atoms with Gasteiger partial charge in [0.05, 0.1) is 0 Å². The van der Waals surface area contributed by atoms with Crippen LogP contribution in [0.15, 0.2) is 60.9 Å². The van der Waals surface area contributed by atoms with E-state index in [-0.39, 0.29) is 11.9 Å². The van der Waals surface area contributed by atoms with Crippen molar-refractivity contribution in [1.82, 2.24) is 14.9 Å². The number of hydrogen-bond donors (Lipinski definition) is 1. The van der Waals surface area contributed by atoms with Crippen LogP contribution in [0, 0.1) is 6.92 Å². The summed E-state index contributed by atoms with van der Waals surface area (Å²) >= 11 is 0. The van der Waals surface area contributed by atoms with Gasteiger partial charge in [0.15, 0.2) is 0 Å². The molecule has 2 unspecified atom stereocenters. The van der Waals surface area contributed by atoms with Crippen LogP contribution in [0.1, 0.15) is 42.1 Å². The molecule has 3 aromatic rings. The number of amides is 1. The lowest BCUT2D eigenvalue weighted by molar-refractivity contribution is 0.102. The average molecular weight is 458 g/mol. The number of benzene rings is 2. The zero-order chi connectivity index (χ0) is 23.5. The summed E-state index contributed by atoms with van der Waals surface area (Å²) in [5, 5.41) is 3.04. The van der Waals surface area contributed by atoms with Gasteiger partial charge in [-0.25, -0.2) is 9.97 Å². The van der Waals surface area contributed by atoms with Gasteiger partial charge in [-0.1, -0.05) is 0 Å². The lowest BCUT2D eigenvalue weighted by atomic mass is 10.1. The van der Waals surface area contributed by atoms with E-state index in [1.54, 1.807) is 42.7 Å². The predicted molar refractivity (Wildman–Crippen MR) is 134 cm³/mol. The van der Waals surface area contributed by atoms with Crippen LogP contribution in [0.5, 0.6) is 11.8 Å². The molecule has 3 heterocycles. The molecule has 0 spiro atoms. The van der Waals surface area contributed by atoms with Gasteiger partial charge in [-0.2, -0.15) is 0 Å². The van der Waals surface area contributed by atoms with Gasteiger partial charge in [-0.05, 0) is 93.7 Å². The Labute approximate surface area is 200 Å². The van der Waals surface area contributed by atoms with Crippen LogP contribution in [0.4, 0.5) is 11.4 Å². The van der Waals surface area contributed by atoms with Crippen LogP contribution < -0.4 is 15.0 Å². The molecule has 0 radical (unpaired) electrons. The zero-order valence-electron chi connectivity index (χ0n) is 19.8. The van der Waals surface area contributed by atoms with Crippen LogP contribution in [-0.4, -0.2) is 52.5 Å². The maximum absolute atomic E-state index is 12.8. The number of nitrogens with one attached hydrogen (secondary N) is 1. The number of carbonyl (C=O) groups is 1. The molecule has 0 bridgehead atoms. The van der Waals surface area contributed by atoms with Crippen molar-refractivity contribution in [2.24, 2.45) is 0 Å². The average Bonchev–Trinajstić information content (AvgIpc) is 3.50. The second-order valence-electron chi connectivity index (χ2n) is 9.23. The maximum atomic E-state index is 12.8. The molecular weight excluding hydrogens is 426 g/mol. The minimum Gasteiger partial charge on any atom is -0.424 e. The summed E-state index contributed by atoms with van der Waals surface area (Å²) in [6, 6.07) is 16.6. The van der Waals surface area contributed by atoms with Gasteiger partial charge in [-0.3, -0.25) is 9.69 Å². The molecule has 7 heteroatoms. The van der Waals surface area contributed by atoms with Crippen molar-refractivity contribution in [3.8, 4) is 11.8 Å². The van der Waals surface area contributed by atoms with E-state index in [1.165, 1.54) is 31.5 Å². The highest BCUT2D eigenvalue weighted by atomic mass is 16.5. The van der Waals surface area contributed by atoms with Gasteiger partial charge in [0.1, 0.15) is 5.75 Å². The molecule has 2 saturated heterocycles. The topological polar surface area (TPSA) is 70.6 Å². The molecule has 1 aromatic heterocycles. The third-order valence-electron chi connectivity index (χ3n) is 6.93. The van der Waals surface area contributed by atoms with Crippen LogP contribution in [-0.2, 0) is 0 Å². The second-order valence-corrected chi connectivity index (χ2v) is 9.23. The van der Waals surface area contributed by atoms with Crippen molar-refractivity contribution in [3.63, 3.8) is 0 Å². The molecule has 176 valence electrons. The SMILES string of the molecule is Cc1cc(N2CCC(N3CCCC3C)C2)ccc1NC(=O)c1ccc(Oc2ncccn2)cc1. The van der Waals surface area contributed by atoms with Crippen LogP contribution in [0.2, 0.25) is 0 Å². The van der Waals surface area contributed by atoms with Crippen molar-refractivity contribution in [2.75, 3.05) is 29.9 Å². The van der Waals surface area contributed by atoms with E-state index in [1.807, 2.05) is 13.0 Å². The Morgan fingerprint density at radius 3 is 2.56 bits per heavy atom. The van der Waals surface area contributed by atoms with Gasteiger partial charge >= 0.3 is 6.01 Å². The number of anilines is 2. The second kappa shape index (κ2) is 9.81. The van der Waals surface area contributed by atoms with Gasteiger partial charge < -0.3 is 15.0 Å². The molecule has 2 aromatic carbocycles. The summed E-state index contributed by atoms with van der Waals surface area (Å²) in [5.41, 5.74) is 3.68. The van der Waals surface area contributed by atoms with Crippen molar-refractivity contribution in [1.29, 1.82) is 0 Å². The smallest absolute Gasteiger partial charge is 0.321 e. The number of nitrogens with zero attached hydrogens (tertiary/aromatic N) is 4. The van der Waals surface area contributed by atoms with E-state index in [9.17, 15) is 4.79 Å². The van der Waals surface area contributed by atoms with E-state index in [2.05, 4.69) is 44.1 Å². The molecular formula is C27H31N5O2. The van der Waals surface area contributed by atoms with E-state index >= 15 is 0 Å². The zero-order valence-corrected chi connectivity index (χ0v) is 19.8. The Hall–Kier alpha value is -3.45. The molecule has 2 fully saturated rings. The molecule has 5 rings (SSSR count). The van der Waals surface area contributed by atoms with Crippen LogP contribution in [0.25, 0.3) is 0 Å². The summed E-state index contributed by atoms with van der Waals surface area (Å²) in [7, 11) is 0. The summed E-state index contributed by atoms with van der Waals surface area (Å²) < 4.78 is 5.60. The van der Waals surface area contributed by atoms with Gasteiger partial charge in [0, 0.05) is 54.5 Å². The molecule has 0 saturated carbocycles. The minimum atomic E-state index is -0.150. The largest absolute Gasteiger partial charge is 0.424 e. The molecule has 1 amide bonds. The van der Waals surface area contributed by atoms with Gasteiger partial charge in [0.2, 0.25) is 0 Å². The van der Waals surface area contributed by atoms with E-state index in [4.69, 9.17) is 4.74 Å². The van der Waals surface area contributed by atoms with Crippen LogP contribution in [0.3, 0.4) is 0 Å². The number of rotatable bonds is 6. The first-order valence-corrected chi connectivity index (χ1v) is 12.0. The highest BCUT2D eigenvalue weighted by Crippen LogP contribution is 2.30. The number of aryl methyl sites for hydroxylation is 1. The minimum absolute atomic E-state index is 0.150. The maximum Gasteiger partial charge on any atom is 0.321 e. The summed E-state index contributed by atoms with van der Waals surface area (Å²) in [6.45, 7) is 7.80. The third-order valence-corrected chi connectivity index (χ3v) is 6.93. The van der Waals surface area contributed by atoms with E-state index in [0.29, 0.717) is 23.4 Å². The highest BCUT2D eigenvalue weighted by molar-refractivity contribution is 6.04. The molecule has 34 heavy (non-hydrogen) atoms. The molecule has 0 aliphatic carbocycles. The van der Waals surface area contributed by atoms with Gasteiger partial charge in [-0.15, -0.1) is 0 Å². The Morgan fingerprint density at radius 1 is 1.06 bits per heavy atom.